The van der Waals surface area contributed by atoms with E-state index in [2.05, 4.69) is 15.1 Å². The topological polar surface area (TPSA) is 55.0 Å². The van der Waals surface area contributed by atoms with Gasteiger partial charge in [0.2, 0.25) is 0 Å². The van der Waals surface area contributed by atoms with Crippen molar-refractivity contribution in [2.24, 2.45) is 17.6 Å². The van der Waals surface area contributed by atoms with Crippen LogP contribution >= 0.6 is 24.0 Å². The van der Waals surface area contributed by atoms with E-state index in [9.17, 15) is 4.39 Å². The van der Waals surface area contributed by atoms with Gasteiger partial charge in [0.1, 0.15) is 5.82 Å². The third-order valence-electron chi connectivity index (χ3n) is 4.97. The SMILES string of the molecule is Cl.NC1CC2CN(c3ccc(-c4cc(F)ccc4Cl)nn3)CC2C1. The number of hydrogen-bond donors (Lipinski definition) is 1. The molecule has 24 heavy (non-hydrogen) atoms. The summed E-state index contributed by atoms with van der Waals surface area (Å²) in [6, 6.07) is 8.39. The highest BCUT2D eigenvalue weighted by Crippen LogP contribution is 2.38. The minimum Gasteiger partial charge on any atom is -0.355 e. The quantitative estimate of drug-likeness (QED) is 0.880. The van der Waals surface area contributed by atoms with Gasteiger partial charge in [-0.05, 0) is 55.0 Å². The van der Waals surface area contributed by atoms with E-state index >= 15 is 0 Å². The fraction of sp³-hybridized carbons (Fsp3) is 0.412. The number of hydrogen-bond acceptors (Lipinski definition) is 4. The highest BCUT2D eigenvalue weighted by Gasteiger charge is 2.40. The first kappa shape index (κ1) is 17.4. The van der Waals surface area contributed by atoms with E-state index in [1.54, 1.807) is 0 Å². The Morgan fingerprint density at radius 1 is 1.08 bits per heavy atom. The van der Waals surface area contributed by atoms with Gasteiger partial charge >= 0.3 is 0 Å². The summed E-state index contributed by atoms with van der Waals surface area (Å²) in [5.41, 5.74) is 7.18. The summed E-state index contributed by atoms with van der Waals surface area (Å²) in [7, 11) is 0. The van der Waals surface area contributed by atoms with Gasteiger partial charge in [-0.3, -0.25) is 0 Å². The van der Waals surface area contributed by atoms with Crippen molar-refractivity contribution < 1.29 is 4.39 Å². The maximum absolute atomic E-state index is 13.4. The van der Waals surface area contributed by atoms with E-state index in [1.807, 2.05) is 12.1 Å². The Labute approximate surface area is 151 Å². The van der Waals surface area contributed by atoms with Crippen LogP contribution in [-0.2, 0) is 0 Å². The lowest BCUT2D eigenvalue weighted by atomic mass is 10.0. The maximum Gasteiger partial charge on any atom is 0.151 e. The van der Waals surface area contributed by atoms with Crippen molar-refractivity contribution in [1.29, 1.82) is 0 Å². The normalized spacial score (nSPS) is 25.5. The molecular formula is C17H19Cl2FN4. The van der Waals surface area contributed by atoms with Crippen molar-refractivity contribution in [2.45, 2.75) is 18.9 Å². The van der Waals surface area contributed by atoms with Crippen LogP contribution in [0, 0.1) is 17.7 Å². The largest absolute Gasteiger partial charge is 0.355 e. The summed E-state index contributed by atoms with van der Waals surface area (Å²) in [6.45, 7) is 1.99. The van der Waals surface area contributed by atoms with Gasteiger partial charge in [-0.15, -0.1) is 22.6 Å². The van der Waals surface area contributed by atoms with Gasteiger partial charge in [-0.25, -0.2) is 4.39 Å². The molecule has 1 aliphatic heterocycles. The minimum absolute atomic E-state index is 0. The summed E-state index contributed by atoms with van der Waals surface area (Å²) < 4.78 is 13.4. The number of halogens is 3. The predicted octanol–water partition coefficient (Wildman–Crippen LogP) is 3.53. The van der Waals surface area contributed by atoms with Crippen LogP contribution in [0.25, 0.3) is 11.3 Å². The Bertz CT molecular complexity index is 711. The van der Waals surface area contributed by atoms with Crippen LogP contribution in [0.3, 0.4) is 0 Å². The van der Waals surface area contributed by atoms with Gasteiger partial charge in [0, 0.05) is 24.7 Å². The maximum atomic E-state index is 13.4. The molecule has 1 aromatic heterocycles. The molecule has 0 spiro atoms. The monoisotopic (exact) mass is 368 g/mol. The molecule has 1 saturated heterocycles. The fourth-order valence-electron chi connectivity index (χ4n) is 3.87. The Morgan fingerprint density at radius 3 is 2.42 bits per heavy atom. The highest BCUT2D eigenvalue weighted by atomic mass is 35.5. The van der Waals surface area contributed by atoms with Crippen molar-refractivity contribution >= 4 is 29.8 Å². The zero-order chi connectivity index (χ0) is 16.0. The molecule has 2 N–H and O–H groups in total. The Hall–Kier alpha value is -1.43. The van der Waals surface area contributed by atoms with Crippen molar-refractivity contribution in [3.63, 3.8) is 0 Å². The van der Waals surface area contributed by atoms with Crippen LogP contribution in [0.1, 0.15) is 12.8 Å². The summed E-state index contributed by atoms with van der Waals surface area (Å²) in [5, 5.41) is 9.03. The molecule has 2 unspecified atom stereocenters. The molecule has 2 fully saturated rings. The Balaban J connectivity index is 0.00000169. The van der Waals surface area contributed by atoms with Gasteiger partial charge in [-0.1, -0.05) is 11.6 Å². The lowest BCUT2D eigenvalue weighted by molar-refractivity contribution is 0.494. The average Bonchev–Trinajstić information content (AvgIpc) is 3.07. The standard InChI is InChI=1S/C17H18ClFN4.ClH/c18-15-2-1-12(19)7-14(15)16-3-4-17(22-21-16)23-8-10-5-13(20)6-11(10)9-23;/h1-4,7,10-11,13H,5-6,8-9,20H2;1H. The molecule has 2 heterocycles. The summed E-state index contributed by atoms with van der Waals surface area (Å²) >= 11 is 6.12. The second kappa shape index (κ2) is 6.82. The van der Waals surface area contributed by atoms with Gasteiger partial charge in [0.05, 0.1) is 10.7 Å². The molecule has 2 atom stereocenters. The molecule has 4 rings (SSSR count). The first-order chi connectivity index (χ1) is 11.1. The summed E-state index contributed by atoms with van der Waals surface area (Å²) in [5.74, 6) is 1.87. The van der Waals surface area contributed by atoms with Gasteiger partial charge in [0.25, 0.3) is 0 Å². The molecule has 2 aliphatic rings. The molecule has 1 saturated carbocycles. The number of nitrogens with zero attached hydrogens (tertiary/aromatic N) is 3. The van der Waals surface area contributed by atoms with E-state index < -0.39 is 0 Å². The van der Waals surface area contributed by atoms with Crippen molar-refractivity contribution in [3.8, 4) is 11.3 Å². The molecule has 7 heteroatoms. The van der Waals surface area contributed by atoms with E-state index in [-0.39, 0.29) is 18.2 Å². The third-order valence-corrected chi connectivity index (χ3v) is 5.30. The van der Waals surface area contributed by atoms with E-state index in [0.717, 1.165) is 31.7 Å². The van der Waals surface area contributed by atoms with Crippen LogP contribution in [0.5, 0.6) is 0 Å². The van der Waals surface area contributed by atoms with Crippen molar-refractivity contribution in [3.05, 3.63) is 41.2 Å². The molecule has 128 valence electrons. The smallest absolute Gasteiger partial charge is 0.151 e. The van der Waals surface area contributed by atoms with Crippen LogP contribution in [0.2, 0.25) is 5.02 Å². The lowest BCUT2D eigenvalue weighted by Crippen LogP contribution is -2.25. The van der Waals surface area contributed by atoms with E-state index in [0.29, 0.717) is 34.2 Å². The predicted molar refractivity (Wildman–Crippen MR) is 96.1 cm³/mol. The molecule has 0 amide bonds. The van der Waals surface area contributed by atoms with Gasteiger partial charge in [0.15, 0.2) is 5.82 Å². The number of benzene rings is 1. The summed E-state index contributed by atoms with van der Waals surface area (Å²) in [4.78, 5) is 2.27. The fourth-order valence-corrected chi connectivity index (χ4v) is 4.08. The average molecular weight is 369 g/mol. The lowest BCUT2D eigenvalue weighted by Gasteiger charge is -2.18. The minimum atomic E-state index is -0.334. The zero-order valence-corrected chi connectivity index (χ0v) is 14.6. The third kappa shape index (κ3) is 3.21. The number of anilines is 1. The zero-order valence-electron chi connectivity index (χ0n) is 13.0. The summed E-state index contributed by atoms with van der Waals surface area (Å²) in [6.07, 6.45) is 2.21. The van der Waals surface area contributed by atoms with Crippen LogP contribution in [0.4, 0.5) is 10.2 Å². The number of rotatable bonds is 2. The molecule has 4 nitrogen and oxygen atoms in total. The molecule has 1 aliphatic carbocycles. The van der Waals surface area contributed by atoms with Crippen LogP contribution in [0.15, 0.2) is 30.3 Å². The second-order valence-electron chi connectivity index (χ2n) is 6.56. The van der Waals surface area contributed by atoms with Crippen LogP contribution < -0.4 is 10.6 Å². The first-order valence-corrected chi connectivity index (χ1v) is 8.27. The molecule has 0 radical (unpaired) electrons. The van der Waals surface area contributed by atoms with E-state index in [4.69, 9.17) is 17.3 Å². The van der Waals surface area contributed by atoms with Gasteiger partial charge < -0.3 is 10.6 Å². The second-order valence-corrected chi connectivity index (χ2v) is 6.96. The van der Waals surface area contributed by atoms with Crippen LogP contribution in [-0.4, -0.2) is 29.3 Å². The van der Waals surface area contributed by atoms with Crippen molar-refractivity contribution in [1.82, 2.24) is 10.2 Å². The first-order valence-electron chi connectivity index (χ1n) is 7.90. The number of nitrogens with two attached hydrogens (primary N) is 1. The number of fused-ring (bicyclic) bond motifs is 1. The highest BCUT2D eigenvalue weighted by molar-refractivity contribution is 6.33. The number of aromatic nitrogens is 2. The Kier molecular flexibility index (Phi) is 4.95. The Morgan fingerprint density at radius 2 is 1.79 bits per heavy atom. The molecular weight excluding hydrogens is 350 g/mol. The van der Waals surface area contributed by atoms with E-state index in [1.165, 1.54) is 18.2 Å². The van der Waals surface area contributed by atoms with Crippen molar-refractivity contribution in [2.75, 3.05) is 18.0 Å². The van der Waals surface area contributed by atoms with Gasteiger partial charge in [-0.2, -0.15) is 0 Å². The molecule has 2 aromatic rings. The molecule has 1 aromatic carbocycles. The molecule has 0 bridgehead atoms.